The number of benzene rings is 2. The largest absolute Gasteiger partial charge is 0.488 e. The molecule has 1 aromatic heterocycles. The molecule has 0 bridgehead atoms. The molecule has 2 aromatic carbocycles. The van der Waals surface area contributed by atoms with Crippen molar-refractivity contribution in [3.63, 3.8) is 0 Å². The first-order valence-corrected chi connectivity index (χ1v) is 9.41. The summed E-state index contributed by atoms with van der Waals surface area (Å²) in [6, 6.07) is 11.6. The Hall–Kier alpha value is -2.74. The van der Waals surface area contributed by atoms with Crippen molar-refractivity contribution in [1.82, 2.24) is 9.88 Å². The Kier molecular flexibility index (Phi) is 4.35. The predicted octanol–water partition coefficient (Wildman–Crippen LogP) is 2.51. The average molecular weight is 382 g/mol. The second kappa shape index (κ2) is 7.01. The molecule has 0 amide bonds. The molecule has 146 valence electrons. The van der Waals surface area contributed by atoms with Crippen LogP contribution in [0, 0.1) is 0 Å². The molecule has 0 saturated carbocycles. The first-order chi connectivity index (χ1) is 13.7. The first kappa shape index (κ1) is 17.4. The summed E-state index contributed by atoms with van der Waals surface area (Å²) in [7, 11) is 0. The maximum atomic E-state index is 10.3. The molecule has 7 heteroatoms. The second-order valence-electron chi connectivity index (χ2n) is 7.21. The maximum Gasteiger partial charge on any atom is 0.231 e. The quantitative estimate of drug-likeness (QED) is 0.643. The highest BCUT2D eigenvalue weighted by Gasteiger charge is 2.28. The molecule has 2 aliphatic heterocycles. The molecule has 1 saturated heterocycles. The predicted molar refractivity (Wildman–Crippen MR) is 102 cm³/mol. The van der Waals surface area contributed by atoms with Crippen molar-refractivity contribution in [2.24, 2.45) is 0 Å². The van der Waals surface area contributed by atoms with Gasteiger partial charge >= 0.3 is 0 Å². The van der Waals surface area contributed by atoms with E-state index in [0.717, 1.165) is 33.6 Å². The molecule has 3 N–H and O–H groups in total. The highest BCUT2D eigenvalue weighted by Crippen LogP contribution is 2.34. The Bertz CT molecular complexity index is 1000. The summed E-state index contributed by atoms with van der Waals surface area (Å²) in [5, 5.41) is 24.7. The van der Waals surface area contributed by atoms with Crippen LogP contribution in [0.15, 0.2) is 48.8 Å². The summed E-state index contributed by atoms with van der Waals surface area (Å²) in [5.41, 5.74) is 1.00. The fourth-order valence-corrected chi connectivity index (χ4v) is 3.86. The van der Waals surface area contributed by atoms with E-state index in [1.54, 1.807) is 0 Å². The fourth-order valence-electron chi connectivity index (χ4n) is 3.86. The second-order valence-corrected chi connectivity index (χ2v) is 7.21. The molecule has 3 unspecified atom stereocenters. The number of aliphatic hydroxyl groups excluding tert-OH is 2. The van der Waals surface area contributed by atoms with Gasteiger partial charge in [0.25, 0.3) is 0 Å². The molecule has 0 aliphatic carbocycles. The van der Waals surface area contributed by atoms with E-state index >= 15 is 0 Å². The molecule has 5 rings (SSSR count). The molecule has 0 spiro atoms. The van der Waals surface area contributed by atoms with E-state index in [4.69, 9.17) is 14.2 Å². The summed E-state index contributed by atoms with van der Waals surface area (Å²) in [6.45, 7) is 0.673. The van der Waals surface area contributed by atoms with Gasteiger partial charge in [0.05, 0.1) is 6.04 Å². The SMILES string of the molecule is OC1CCC(n2cc3cccc(OCc4ccc5c(c4)OCO5)c3c2)C(O)N1. The average Bonchev–Trinajstić information content (AvgIpc) is 3.32. The van der Waals surface area contributed by atoms with Crippen molar-refractivity contribution >= 4 is 10.8 Å². The van der Waals surface area contributed by atoms with Crippen LogP contribution in [-0.2, 0) is 6.61 Å². The number of ether oxygens (including phenoxy) is 3. The number of aliphatic hydroxyl groups is 2. The van der Waals surface area contributed by atoms with Crippen molar-refractivity contribution in [3.8, 4) is 17.2 Å². The minimum absolute atomic E-state index is 0.127. The molecule has 3 heterocycles. The lowest BCUT2D eigenvalue weighted by Crippen LogP contribution is -2.47. The topological polar surface area (TPSA) is 85.1 Å². The van der Waals surface area contributed by atoms with Gasteiger partial charge in [0.15, 0.2) is 11.5 Å². The third kappa shape index (κ3) is 3.17. The van der Waals surface area contributed by atoms with Crippen LogP contribution in [0.1, 0.15) is 24.4 Å². The Morgan fingerprint density at radius 3 is 2.86 bits per heavy atom. The number of nitrogens with zero attached hydrogens (tertiary/aromatic N) is 1. The molecule has 0 radical (unpaired) electrons. The van der Waals surface area contributed by atoms with E-state index in [1.165, 1.54) is 0 Å². The number of nitrogens with one attached hydrogen (secondary N) is 1. The standard InChI is InChI=1S/C21H22N2O5/c24-20-7-5-16(21(25)22-20)23-9-14-2-1-3-17(15(14)10-23)26-11-13-4-6-18-19(8-13)28-12-27-18/h1-4,6,8-10,16,20-22,24-25H,5,7,11-12H2. The summed E-state index contributed by atoms with van der Waals surface area (Å²) in [4.78, 5) is 0. The highest BCUT2D eigenvalue weighted by atomic mass is 16.7. The Morgan fingerprint density at radius 2 is 1.96 bits per heavy atom. The minimum atomic E-state index is -0.788. The van der Waals surface area contributed by atoms with E-state index in [0.29, 0.717) is 19.4 Å². The zero-order valence-corrected chi connectivity index (χ0v) is 15.2. The first-order valence-electron chi connectivity index (χ1n) is 9.41. The number of aromatic nitrogens is 1. The van der Waals surface area contributed by atoms with Crippen LogP contribution in [0.5, 0.6) is 17.2 Å². The van der Waals surface area contributed by atoms with E-state index in [2.05, 4.69) is 5.32 Å². The van der Waals surface area contributed by atoms with E-state index < -0.39 is 12.5 Å². The van der Waals surface area contributed by atoms with Gasteiger partial charge in [0.2, 0.25) is 6.79 Å². The van der Waals surface area contributed by atoms with Gasteiger partial charge in [-0.25, -0.2) is 0 Å². The van der Waals surface area contributed by atoms with Gasteiger partial charge in [-0.15, -0.1) is 0 Å². The van der Waals surface area contributed by atoms with Gasteiger partial charge in [0.1, 0.15) is 24.8 Å². The van der Waals surface area contributed by atoms with Crippen molar-refractivity contribution in [2.75, 3.05) is 6.79 Å². The van der Waals surface area contributed by atoms with Gasteiger partial charge in [-0.3, -0.25) is 5.32 Å². The minimum Gasteiger partial charge on any atom is -0.488 e. The van der Waals surface area contributed by atoms with Crippen LogP contribution in [0.25, 0.3) is 10.8 Å². The lowest BCUT2D eigenvalue weighted by Gasteiger charge is -2.32. The highest BCUT2D eigenvalue weighted by molar-refractivity contribution is 5.88. The molecule has 1 fully saturated rings. The fraction of sp³-hybridized carbons (Fsp3) is 0.333. The molecular weight excluding hydrogens is 360 g/mol. The van der Waals surface area contributed by atoms with Crippen molar-refractivity contribution < 1.29 is 24.4 Å². The van der Waals surface area contributed by atoms with Crippen LogP contribution < -0.4 is 19.5 Å². The van der Waals surface area contributed by atoms with Crippen molar-refractivity contribution in [2.45, 2.75) is 37.9 Å². The van der Waals surface area contributed by atoms with Gasteiger partial charge < -0.3 is 29.0 Å². The van der Waals surface area contributed by atoms with Gasteiger partial charge in [-0.05, 0) is 36.6 Å². The molecule has 3 atom stereocenters. The third-order valence-corrected chi connectivity index (χ3v) is 5.34. The summed E-state index contributed by atoms with van der Waals surface area (Å²) >= 11 is 0. The smallest absolute Gasteiger partial charge is 0.231 e. The van der Waals surface area contributed by atoms with E-state index in [9.17, 15) is 10.2 Å². The number of hydrogen-bond acceptors (Lipinski definition) is 6. The van der Waals surface area contributed by atoms with E-state index in [1.807, 2.05) is 53.4 Å². The number of piperidine rings is 1. The summed E-state index contributed by atoms with van der Waals surface area (Å²) < 4.78 is 18.8. The number of rotatable bonds is 4. The molecule has 3 aromatic rings. The van der Waals surface area contributed by atoms with Crippen LogP contribution >= 0.6 is 0 Å². The van der Waals surface area contributed by atoms with Crippen LogP contribution in [-0.4, -0.2) is 34.0 Å². The Morgan fingerprint density at radius 1 is 1.07 bits per heavy atom. The monoisotopic (exact) mass is 382 g/mol. The molecular formula is C21H22N2O5. The van der Waals surface area contributed by atoms with Crippen LogP contribution in [0.4, 0.5) is 0 Å². The lowest BCUT2D eigenvalue weighted by atomic mass is 10.0. The molecule has 2 aliphatic rings. The van der Waals surface area contributed by atoms with Gasteiger partial charge in [-0.1, -0.05) is 18.2 Å². The van der Waals surface area contributed by atoms with Crippen molar-refractivity contribution in [3.05, 3.63) is 54.4 Å². The van der Waals surface area contributed by atoms with Crippen LogP contribution in [0.3, 0.4) is 0 Å². The summed E-state index contributed by atoms with van der Waals surface area (Å²) in [6.07, 6.45) is 3.86. The van der Waals surface area contributed by atoms with Crippen LogP contribution in [0.2, 0.25) is 0 Å². The van der Waals surface area contributed by atoms with Gasteiger partial charge in [-0.2, -0.15) is 0 Å². The zero-order valence-electron chi connectivity index (χ0n) is 15.2. The maximum absolute atomic E-state index is 10.3. The van der Waals surface area contributed by atoms with Crippen molar-refractivity contribution in [1.29, 1.82) is 0 Å². The normalized spacial score (nSPS) is 23.9. The summed E-state index contributed by atoms with van der Waals surface area (Å²) in [5.74, 6) is 2.28. The lowest BCUT2D eigenvalue weighted by molar-refractivity contribution is -0.0275. The number of hydrogen-bond donors (Lipinski definition) is 3. The Balaban J connectivity index is 1.37. The Labute approximate surface area is 162 Å². The molecule has 28 heavy (non-hydrogen) atoms. The number of fused-ring (bicyclic) bond motifs is 2. The zero-order chi connectivity index (χ0) is 19.1. The third-order valence-electron chi connectivity index (χ3n) is 5.34. The van der Waals surface area contributed by atoms with Gasteiger partial charge in [0, 0.05) is 23.2 Å². The molecule has 7 nitrogen and oxygen atoms in total. The van der Waals surface area contributed by atoms with E-state index in [-0.39, 0.29) is 12.8 Å².